The van der Waals surface area contributed by atoms with Crippen LogP contribution in [0, 0.1) is 0 Å². The lowest BCUT2D eigenvalue weighted by Crippen LogP contribution is -2.42. The summed E-state index contributed by atoms with van der Waals surface area (Å²) in [6, 6.07) is 17.6. The van der Waals surface area contributed by atoms with Gasteiger partial charge in [0.2, 0.25) is 0 Å². The summed E-state index contributed by atoms with van der Waals surface area (Å²) >= 11 is 12.2. The highest BCUT2D eigenvalue weighted by molar-refractivity contribution is 6.39. The van der Waals surface area contributed by atoms with Gasteiger partial charge in [0.1, 0.15) is 11.8 Å². The maximum atomic E-state index is 13.1. The molecule has 0 aliphatic carbocycles. The Balaban J connectivity index is 1.61. The van der Waals surface area contributed by atoms with Crippen LogP contribution in [0.3, 0.4) is 0 Å². The van der Waals surface area contributed by atoms with E-state index in [-0.39, 0.29) is 27.6 Å². The number of methoxy groups -OCH3 is 1. The first kappa shape index (κ1) is 26.9. The fraction of sp³-hybridized carbons (Fsp3) is 0.143. The van der Waals surface area contributed by atoms with Crippen molar-refractivity contribution >= 4 is 35.1 Å². The number of aryl methyl sites for hydroxylation is 1. The van der Waals surface area contributed by atoms with Crippen molar-refractivity contribution in [2.45, 2.75) is 12.5 Å². The number of benzene rings is 3. The molecule has 0 saturated heterocycles. The molecular formula is C28H23Cl2N3O5. The summed E-state index contributed by atoms with van der Waals surface area (Å²) in [5.74, 6) is -1.21. The number of carboxylic acid groups (broad SMARTS) is 1. The van der Waals surface area contributed by atoms with Gasteiger partial charge in [-0.25, -0.2) is 9.48 Å². The first-order valence-corrected chi connectivity index (χ1v) is 12.2. The molecule has 0 spiro atoms. The van der Waals surface area contributed by atoms with Crippen molar-refractivity contribution in [1.82, 2.24) is 15.1 Å². The van der Waals surface area contributed by atoms with Crippen molar-refractivity contribution in [3.8, 4) is 28.0 Å². The number of aliphatic carboxylic acids is 1. The van der Waals surface area contributed by atoms with Crippen molar-refractivity contribution in [1.29, 1.82) is 0 Å². The number of carbonyl (C=O) groups excluding carboxylic acids is 1. The third-order valence-corrected chi connectivity index (χ3v) is 6.64. The van der Waals surface area contributed by atoms with Gasteiger partial charge in [0.25, 0.3) is 11.5 Å². The SMILES string of the molecule is COc1ccc(-c2cnn(C)c(=O)c2-c2ccc(C[C@H](NC(=O)c3c(Cl)cccc3Cl)C(=O)O)cc2)cc1. The molecule has 194 valence electrons. The molecule has 4 rings (SSSR count). The number of nitrogens with one attached hydrogen (secondary N) is 1. The van der Waals surface area contributed by atoms with Crippen molar-refractivity contribution in [2.75, 3.05) is 7.11 Å². The van der Waals surface area contributed by atoms with E-state index in [1.54, 1.807) is 62.8 Å². The minimum Gasteiger partial charge on any atom is -0.497 e. The van der Waals surface area contributed by atoms with E-state index in [1.165, 1.54) is 16.8 Å². The predicted octanol–water partition coefficient (Wildman–Crippen LogP) is 4.86. The maximum Gasteiger partial charge on any atom is 0.326 e. The largest absolute Gasteiger partial charge is 0.497 e. The first-order valence-electron chi connectivity index (χ1n) is 11.5. The Kier molecular flexibility index (Phi) is 8.14. The number of amides is 1. The standard InChI is InChI=1S/C28H23Cl2N3O5/c1-33-27(35)24(20(15-31-33)17-10-12-19(38-2)13-11-17)18-8-6-16(7-9-18)14-23(28(36)37)32-26(34)25-21(29)4-3-5-22(25)30/h3-13,15,23H,14H2,1-2H3,(H,32,34)(H,36,37)/t23-/m0/s1. The second kappa shape index (κ2) is 11.5. The van der Waals surface area contributed by atoms with Crippen LogP contribution in [-0.4, -0.2) is 39.9 Å². The molecule has 1 amide bonds. The van der Waals surface area contributed by atoms with E-state index < -0.39 is 17.9 Å². The van der Waals surface area contributed by atoms with Gasteiger partial charge >= 0.3 is 5.97 Å². The van der Waals surface area contributed by atoms with E-state index in [0.29, 0.717) is 28.0 Å². The average molecular weight is 552 g/mol. The van der Waals surface area contributed by atoms with E-state index in [1.807, 2.05) is 12.1 Å². The number of carboxylic acids is 1. The monoisotopic (exact) mass is 551 g/mol. The molecule has 10 heteroatoms. The number of halogens is 2. The van der Waals surface area contributed by atoms with Crippen LogP contribution in [0.5, 0.6) is 5.75 Å². The number of hydrogen-bond donors (Lipinski definition) is 2. The van der Waals surface area contributed by atoms with Gasteiger partial charge in [-0.3, -0.25) is 9.59 Å². The molecule has 1 heterocycles. The minimum absolute atomic E-state index is 0.00309. The number of nitrogens with zero attached hydrogens (tertiary/aromatic N) is 2. The zero-order valence-corrected chi connectivity index (χ0v) is 22.0. The fourth-order valence-electron chi connectivity index (χ4n) is 4.00. The second-order valence-corrected chi connectivity index (χ2v) is 9.27. The van der Waals surface area contributed by atoms with Crippen molar-refractivity contribution < 1.29 is 19.4 Å². The summed E-state index contributed by atoms with van der Waals surface area (Å²) in [5.41, 5.74) is 2.91. The Morgan fingerprint density at radius 1 is 1.00 bits per heavy atom. The molecule has 0 bridgehead atoms. The van der Waals surface area contributed by atoms with E-state index in [9.17, 15) is 19.5 Å². The summed E-state index contributed by atoms with van der Waals surface area (Å²) in [6.07, 6.45) is 1.63. The summed E-state index contributed by atoms with van der Waals surface area (Å²) in [4.78, 5) is 37.7. The highest BCUT2D eigenvalue weighted by Gasteiger charge is 2.24. The fourth-order valence-corrected chi connectivity index (χ4v) is 4.56. The normalized spacial score (nSPS) is 11.6. The van der Waals surface area contributed by atoms with Gasteiger partial charge in [-0.15, -0.1) is 0 Å². The van der Waals surface area contributed by atoms with Crippen molar-refractivity contribution in [3.63, 3.8) is 0 Å². The molecule has 4 aromatic rings. The molecule has 0 aliphatic rings. The maximum absolute atomic E-state index is 13.1. The molecular weight excluding hydrogens is 529 g/mol. The van der Waals surface area contributed by atoms with Gasteiger partial charge in [0.15, 0.2) is 0 Å². The Morgan fingerprint density at radius 2 is 1.61 bits per heavy atom. The van der Waals surface area contributed by atoms with Gasteiger partial charge in [-0.05, 0) is 41.0 Å². The molecule has 0 fully saturated rings. The van der Waals surface area contributed by atoms with Gasteiger partial charge in [0.05, 0.1) is 34.5 Å². The number of rotatable bonds is 8. The Labute approximate surface area is 228 Å². The molecule has 3 aromatic carbocycles. The summed E-state index contributed by atoms with van der Waals surface area (Å²) in [5, 5.41) is 16.6. The Hall–Kier alpha value is -4.14. The van der Waals surface area contributed by atoms with E-state index >= 15 is 0 Å². The second-order valence-electron chi connectivity index (χ2n) is 8.45. The lowest BCUT2D eigenvalue weighted by Gasteiger charge is -2.16. The third kappa shape index (κ3) is 5.72. The Morgan fingerprint density at radius 3 is 2.18 bits per heavy atom. The molecule has 2 N–H and O–H groups in total. The van der Waals surface area contributed by atoms with Crippen LogP contribution in [-0.2, 0) is 18.3 Å². The highest BCUT2D eigenvalue weighted by Crippen LogP contribution is 2.30. The molecule has 0 radical (unpaired) electrons. The quantitative estimate of drug-likeness (QED) is 0.323. The minimum atomic E-state index is -1.23. The topological polar surface area (TPSA) is 111 Å². The molecule has 8 nitrogen and oxygen atoms in total. The van der Waals surface area contributed by atoms with Crippen molar-refractivity contribution in [3.05, 3.63) is 104 Å². The van der Waals surface area contributed by atoms with Crippen molar-refractivity contribution in [2.24, 2.45) is 7.05 Å². The zero-order valence-electron chi connectivity index (χ0n) is 20.4. The molecule has 0 saturated carbocycles. The van der Waals surface area contributed by atoms with Gasteiger partial charge in [-0.2, -0.15) is 5.10 Å². The van der Waals surface area contributed by atoms with Crippen LogP contribution in [0.25, 0.3) is 22.3 Å². The highest BCUT2D eigenvalue weighted by atomic mass is 35.5. The first-order chi connectivity index (χ1) is 18.2. The number of carbonyl (C=O) groups is 2. The number of ether oxygens (including phenoxy) is 1. The lowest BCUT2D eigenvalue weighted by molar-refractivity contribution is -0.139. The Bertz CT molecular complexity index is 1530. The van der Waals surface area contributed by atoms with E-state index in [4.69, 9.17) is 27.9 Å². The van der Waals surface area contributed by atoms with Crippen LogP contribution in [0.2, 0.25) is 10.0 Å². The summed E-state index contributed by atoms with van der Waals surface area (Å²) in [6.45, 7) is 0. The predicted molar refractivity (Wildman–Crippen MR) is 146 cm³/mol. The smallest absolute Gasteiger partial charge is 0.326 e. The average Bonchev–Trinajstić information content (AvgIpc) is 2.90. The van der Waals surface area contributed by atoms with Crippen LogP contribution < -0.4 is 15.6 Å². The van der Waals surface area contributed by atoms with E-state index in [0.717, 1.165) is 5.56 Å². The zero-order chi connectivity index (χ0) is 27.4. The van der Waals surface area contributed by atoms with Gasteiger partial charge < -0.3 is 15.2 Å². The van der Waals surface area contributed by atoms with Crippen LogP contribution >= 0.6 is 23.2 Å². The molecule has 0 unspecified atom stereocenters. The summed E-state index contributed by atoms with van der Waals surface area (Å²) in [7, 11) is 3.15. The lowest BCUT2D eigenvalue weighted by atomic mass is 9.95. The van der Waals surface area contributed by atoms with Crippen LogP contribution in [0.1, 0.15) is 15.9 Å². The summed E-state index contributed by atoms with van der Waals surface area (Å²) < 4.78 is 6.48. The van der Waals surface area contributed by atoms with Crippen LogP contribution in [0.15, 0.2) is 77.7 Å². The third-order valence-electron chi connectivity index (χ3n) is 6.01. The molecule has 0 aliphatic heterocycles. The number of aromatic nitrogens is 2. The molecule has 1 aromatic heterocycles. The van der Waals surface area contributed by atoms with Gasteiger partial charge in [0, 0.05) is 19.0 Å². The van der Waals surface area contributed by atoms with Gasteiger partial charge in [-0.1, -0.05) is 65.7 Å². The van der Waals surface area contributed by atoms with Crippen LogP contribution in [0.4, 0.5) is 0 Å². The number of hydrogen-bond acceptors (Lipinski definition) is 5. The molecule has 1 atom stereocenters. The van der Waals surface area contributed by atoms with E-state index in [2.05, 4.69) is 10.4 Å². The molecule has 38 heavy (non-hydrogen) atoms.